The van der Waals surface area contributed by atoms with Gasteiger partial charge in [-0.3, -0.25) is 4.79 Å². The first-order valence-electron chi connectivity index (χ1n) is 8.81. The van der Waals surface area contributed by atoms with Crippen LogP contribution in [0.15, 0.2) is 46.3 Å². The second-order valence-electron chi connectivity index (χ2n) is 6.30. The lowest BCUT2D eigenvalue weighted by atomic mass is 10.2. The molecule has 1 fully saturated rings. The molecule has 0 aliphatic carbocycles. The summed E-state index contributed by atoms with van der Waals surface area (Å²) in [7, 11) is -5.89. The molecule has 0 atom stereocenters. The van der Waals surface area contributed by atoms with Crippen molar-refractivity contribution in [2.45, 2.75) is 16.3 Å². The monoisotopic (exact) mass is 458 g/mol. The zero-order chi connectivity index (χ0) is 21.1. The Labute approximate surface area is 174 Å². The number of carbonyl (C=O) groups is 1. The summed E-state index contributed by atoms with van der Waals surface area (Å²) in [6.45, 7) is 0.994. The van der Waals surface area contributed by atoms with E-state index in [1.165, 1.54) is 35.7 Å². The molecule has 1 aromatic carbocycles. The summed E-state index contributed by atoms with van der Waals surface area (Å²) in [6.07, 6.45) is 1.31. The molecule has 0 bridgehead atoms. The SMILES string of the molecule is CNS(=O)(=O)c1cccc(CNC(=O)c2cc(S(=O)(=O)N3CCSCC3)c[nH]2)c1. The molecular weight excluding hydrogens is 436 g/mol. The highest BCUT2D eigenvalue weighted by atomic mass is 32.2. The van der Waals surface area contributed by atoms with Crippen molar-refractivity contribution >= 4 is 37.7 Å². The van der Waals surface area contributed by atoms with E-state index in [1.807, 2.05) is 0 Å². The van der Waals surface area contributed by atoms with Gasteiger partial charge in [-0.25, -0.2) is 21.6 Å². The van der Waals surface area contributed by atoms with Crippen LogP contribution in [0.4, 0.5) is 0 Å². The maximum Gasteiger partial charge on any atom is 0.268 e. The Morgan fingerprint density at radius 3 is 2.55 bits per heavy atom. The van der Waals surface area contributed by atoms with Crippen molar-refractivity contribution in [3.05, 3.63) is 47.8 Å². The molecule has 1 amide bonds. The normalized spacial score (nSPS) is 15.9. The number of nitrogens with zero attached hydrogens (tertiary/aromatic N) is 1. The lowest BCUT2D eigenvalue weighted by Gasteiger charge is -2.24. The minimum atomic E-state index is -3.63. The van der Waals surface area contributed by atoms with Crippen LogP contribution in [-0.2, 0) is 26.6 Å². The number of amides is 1. The second kappa shape index (κ2) is 8.88. The molecule has 1 aromatic heterocycles. The van der Waals surface area contributed by atoms with E-state index in [0.717, 1.165) is 11.5 Å². The summed E-state index contributed by atoms with van der Waals surface area (Å²) in [5.74, 6) is 1.01. The first kappa shape index (κ1) is 21.8. The topological polar surface area (TPSA) is 128 Å². The first-order chi connectivity index (χ1) is 13.7. The van der Waals surface area contributed by atoms with Crippen LogP contribution in [0.3, 0.4) is 0 Å². The molecule has 1 saturated heterocycles. The van der Waals surface area contributed by atoms with Crippen LogP contribution in [0.25, 0.3) is 0 Å². The molecule has 0 radical (unpaired) electrons. The van der Waals surface area contributed by atoms with Crippen molar-refractivity contribution < 1.29 is 21.6 Å². The number of hydrogen-bond donors (Lipinski definition) is 3. The van der Waals surface area contributed by atoms with Gasteiger partial charge in [0, 0.05) is 37.3 Å². The fourth-order valence-electron chi connectivity index (χ4n) is 2.81. The van der Waals surface area contributed by atoms with Crippen molar-refractivity contribution in [2.24, 2.45) is 0 Å². The van der Waals surface area contributed by atoms with Gasteiger partial charge in [0.1, 0.15) is 10.6 Å². The Hall–Kier alpha value is -1.86. The van der Waals surface area contributed by atoms with Gasteiger partial charge in [-0.05, 0) is 30.8 Å². The number of nitrogens with one attached hydrogen (secondary N) is 3. The van der Waals surface area contributed by atoms with Gasteiger partial charge >= 0.3 is 0 Å². The molecule has 0 spiro atoms. The number of sulfonamides is 2. The van der Waals surface area contributed by atoms with Crippen molar-refractivity contribution in [1.82, 2.24) is 19.3 Å². The van der Waals surface area contributed by atoms with Crippen LogP contribution >= 0.6 is 11.8 Å². The first-order valence-corrected chi connectivity index (χ1v) is 12.9. The number of carbonyl (C=O) groups excluding carboxylic acids is 1. The Balaban J connectivity index is 1.68. The van der Waals surface area contributed by atoms with E-state index in [9.17, 15) is 21.6 Å². The quantitative estimate of drug-likeness (QED) is 0.557. The predicted octanol–water partition coefficient (Wildman–Crippen LogP) is 0.590. The third-order valence-corrected chi connectivity index (χ3v) is 8.67. The molecule has 158 valence electrons. The van der Waals surface area contributed by atoms with Gasteiger partial charge in [-0.15, -0.1) is 0 Å². The van der Waals surface area contributed by atoms with Gasteiger partial charge in [0.2, 0.25) is 20.0 Å². The van der Waals surface area contributed by atoms with Crippen LogP contribution in [-0.4, -0.2) is 63.7 Å². The molecule has 1 aliphatic rings. The van der Waals surface area contributed by atoms with Gasteiger partial charge in [0.15, 0.2) is 0 Å². The smallest absolute Gasteiger partial charge is 0.268 e. The predicted molar refractivity (Wildman–Crippen MR) is 111 cm³/mol. The van der Waals surface area contributed by atoms with E-state index >= 15 is 0 Å². The molecule has 9 nitrogen and oxygen atoms in total. The lowest BCUT2D eigenvalue weighted by molar-refractivity contribution is 0.0946. The minimum absolute atomic E-state index is 0.0525. The molecule has 29 heavy (non-hydrogen) atoms. The van der Waals surface area contributed by atoms with E-state index in [1.54, 1.807) is 23.9 Å². The Bertz CT molecular complexity index is 1090. The number of aromatic nitrogens is 1. The fourth-order valence-corrected chi connectivity index (χ4v) is 6.18. The molecule has 1 aliphatic heterocycles. The van der Waals surface area contributed by atoms with Gasteiger partial charge in [-0.2, -0.15) is 16.1 Å². The van der Waals surface area contributed by atoms with E-state index in [0.29, 0.717) is 18.7 Å². The maximum atomic E-state index is 12.7. The van der Waals surface area contributed by atoms with Crippen LogP contribution in [0.1, 0.15) is 16.1 Å². The summed E-state index contributed by atoms with van der Waals surface area (Å²) in [5, 5.41) is 2.66. The van der Waals surface area contributed by atoms with Crippen LogP contribution in [0.5, 0.6) is 0 Å². The van der Waals surface area contributed by atoms with Crippen molar-refractivity contribution in [2.75, 3.05) is 31.6 Å². The molecule has 3 N–H and O–H groups in total. The molecule has 0 saturated carbocycles. The van der Waals surface area contributed by atoms with Crippen molar-refractivity contribution in [1.29, 1.82) is 0 Å². The Morgan fingerprint density at radius 2 is 1.86 bits per heavy atom. The van der Waals surface area contributed by atoms with Gasteiger partial charge in [0.05, 0.1) is 4.90 Å². The third kappa shape index (κ3) is 5.01. The zero-order valence-electron chi connectivity index (χ0n) is 15.7. The van der Waals surface area contributed by atoms with E-state index in [4.69, 9.17) is 0 Å². The Kier molecular flexibility index (Phi) is 6.69. The van der Waals surface area contributed by atoms with E-state index in [-0.39, 0.29) is 22.0 Å². The number of rotatable bonds is 7. The standard InChI is InChI=1S/C17H22N4O5S3/c1-18-28(23,24)14-4-2-3-13(9-14)11-20-17(22)16-10-15(12-19-16)29(25,26)21-5-7-27-8-6-21/h2-4,9-10,12,18-19H,5-8,11H2,1H3,(H,20,22). The number of aromatic amines is 1. The molecule has 3 rings (SSSR count). The highest BCUT2D eigenvalue weighted by Crippen LogP contribution is 2.21. The summed E-state index contributed by atoms with van der Waals surface area (Å²) in [6, 6.07) is 7.51. The van der Waals surface area contributed by atoms with Gasteiger partial charge < -0.3 is 10.3 Å². The zero-order valence-corrected chi connectivity index (χ0v) is 18.2. The average molecular weight is 459 g/mol. The third-order valence-electron chi connectivity index (χ3n) is 4.44. The molecule has 0 unspecified atom stereocenters. The van der Waals surface area contributed by atoms with Crippen LogP contribution in [0, 0.1) is 0 Å². The van der Waals surface area contributed by atoms with Gasteiger partial charge in [0.25, 0.3) is 5.91 Å². The lowest BCUT2D eigenvalue weighted by Crippen LogP contribution is -2.37. The molecule has 2 aromatic rings. The number of H-pyrrole nitrogens is 1. The number of thioether (sulfide) groups is 1. The number of benzene rings is 1. The Morgan fingerprint density at radius 1 is 1.14 bits per heavy atom. The average Bonchev–Trinajstić information content (AvgIpc) is 3.24. The molecule has 12 heteroatoms. The van der Waals surface area contributed by atoms with Crippen molar-refractivity contribution in [3.63, 3.8) is 0 Å². The highest BCUT2D eigenvalue weighted by molar-refractivity contribution is 7.99. The van der Waals surface area contributed by atoms with Crippen LogP contribution in [0.2, 0.25) is 0 Å². The summed E-state index contributed by atoms with van der Waals surface area (Å²) >= 11 is 1.71. The maximum absolute atomic E-state index is 12.7. The summed E-state index contributed by atoms with van der Waals surface area (Å²) < 4.78 is 52.7. The van der Waals surface area contributed by atoms with E-state index in [2.05, 4.69) is 15.0 Å². The molecular formula is C17H22N4O5S3. The summed E-state index contributed by atoms with van der Waals surface area (Å²) in [5.41, 5.74) is 0.717. The van der Waals surface area contributed by atoms with E-state index < -0.39 is 26.0 Å². The van der Waals surface area contributed by atoms with Gasteiger partial charge in [-0.1, -0.05) is 12.1 Å². The largest absolute Gasteiger partial charge is 0.356 e. The molecule has 2 heterocycles. The van der Waals surface area contributed by atoms with Crippen LogP contribution < -0.4 is 10.0 Å². The second-order valence-corrected chi connectivity index (χ2v) is 11.4. The summed E-state index contributed by atoms with van der Waals surface area (Å²) in [4.78, 5) is 15.2. The fraction of sp³-hybridized carbons (Fsp3) is 0.353. The number of hydrogen-bond acceptors (Lipinski definition) is 6. The van der Waals surface area contributed by atoms with Crippen molar-refractivity contribution in [3.8, 4) is 0 Å². The highest BCUT2D eigenvalue weighted by Gasteiger charge is 2.27. The minimum Gasteiger partial charge on any atom is -0.356 e.